The quantitative estimate of drug-likeness (QED) is 0.846. The summed E-state index contributed by atoms with van der Waals surface area (Å²) in [5, 5.41) is 9.83. The first-order chi connectivity index (χ1) is 8.46. The zero-order valence-corrected chi connectivity index (χ0v) is 12.2. The minimum absolute atomic E-state index is 0.00585. The number of nitrogens with one attached hydrogen (secondary N) is 1. The van der Waals surface area contributed by atoms with Gasteiger partial charge in [-0.1, -0.05) is 18.0 Å². The number of hydrogen-bond donors (Lipinski definition) is 2. The highest BCUT2D eigenvalue weighted by molar-refractivity contribution is 7.89. The molecule has 1 aromatic heterocycles. The van der Waals surface area contributed by atoms with E-state index in [0.717, 1.165) is 19.3 Å². The fourth-order valence-corrected chi connectivity index (χ4v) is 4.37. The van der Waals surface area contributed by atoms with E-state index in [2.05, 4.69) is 4.72 Å². The van der Waals surface area contributed by atoms with Crippen molar-refractivity contribution in [2.75, 3.05) is 12.3 Å². The molecule has 1 saturated carbocycles. The molecule has 102 valence electrons. The van der Waals surface area contributed by atoms with E-state index in [1.807, 2.05) is 0 Å². The Morgan fingerprint density at radius 3 is 2.72 bits per heavy atom. The lowest BCUT2D eigenvalue weighted by Crippen LogP contribution is -2.34. The lowest BCUT2D eigenvalue weighted by molar-refractivity contribution is 0.185. The Balaban J connectivity index is 1.82. The SMILES string of the molecule is O=S(=O)(CC1CCC1)NCC(O)c1ccc(Cl)s1. The summed E-state index contributed by atoms with van der Waals surface area (Å²) in [6.45, 7) is 0.00585. The molecule has 0 aliphatic heterocycles. The Morgan fingerprint density at radius 1 is 1.50 bits per heavy atom. The second kappa shape index (κ2) is 5.88. The maximum Gasteiger partial charge on any atom is 0.211 e. The average Bonchev–Trinajstić information content (AvgIpc) is 2.68. The number of thiophene rings is 1. The van der Waals surface area contributed by atoms with Gasteiger partial charge in [-0.3, -0.25) is 0 Å². The molecule has 0 bridgehead atoms. The van der Waals surface area contributed by atoms with Gasteiger partial charge >= 0.3 is 0 Å². The van der Waals surface area contributed by atoms with Gasteiger partial charge in [0, 0.05) is 11.4 Å². The number of rotatable bonds is 6. The highest BCUT2D eigenvalue weighted by atomic mass is 35.5. The third kappa shape index (κ3) is 3.93. The number of halogens is 1. The van der Waals surface area contributed by atoms with Crippen LogP contribution >= 0.6 is 22.9 Å². The number of hydrogen-bond acceptors (Lipinski definition) is 4. The average molecular weight is 310 g/mol. The van der Waals surface area contributed by atoms with Gasteiger partial charge in [0.15, 0.2) is 0 Å². The molecule has 1 fully saturated rings. The van der Waals surface area contributed by atoms with Crippen LogP contribution in [0.5, 0.6) is 0 Å². The molecular formula is C11H16ClNO3S2. The number of aliphatic hydroxyl groups is 1. The molecule has 18 heavy (non-hydrogen) atoms. The fraction of sp³-hybridized carbons (Fsp3) is 0.636. The normalized spacial score (nSPS) is 18.6. The van der Waals surface area contributed by atoms with Crippen LogP contribution in [0.3, 0.4) is 0 Å². The minimum Gasteiger partial charge on any atom is -0.386 e. The monoisotopic (exact) mass is 309 g/mol. The molecule has 0 spiro atoms. The van der Waals surface area contributed by atoms with Crippen LogP contribution in [0, 0.1) is 5.92 Å². The van der Waals surface area contributed by atoms with E-state index >= 15 is 0 Å². The van der Waals surface area contributed by atoms with Gasteiger partial charge in [0.05, 0.1) is 10.1 Å². The second-order valence-corrected chi connectivity index (χ2v) is 8.18. The molecule has 4 nitrogen and oxygen atoms in total. The summed E-state index contributed by atoms with van der Waals surface area (Å²) in [5.41, 5.74) is 0. The van der Waals surface area contributed by atoms with E-state index < -0.39 is 16.1 Å². The van der Waals surface area contributed by atoms with Crippen LogP contribution in [0.1, 0.15) is 30.2 Å². The third-order valence-corrected chi connectivity index (χ3v) is 5.95. The summed E-state index contributed by atoms with van der Waals surface area (Å²) >= 11 is 7.02. The Labute approximate surface area is 116 Å². The molecule has 1 heterocycles. The summed E-state index contributed by atoms with van der Waals surface area (Å²) in [7, 11) is -3.28. The summed E-state index contributed by atoms with van der Waals surface area (Å²) in [6, 6.07) is 3.39. The summed E-state index contributed by atoms with van der Waals surface area (Å²) < 4.78 is 26.5. The molecule has 0 aromatic carbocycles. The zero-order chi connectivity index (χ0) is 13.2. The zero-order valence-electron chi connectivity index (χ0n) is 9.80. The van der Waals surface area contributed by atoms with E-state index in [1.54, 1.807) is 12.1 Å². The fourth-order valence-electron chi connectivity index (χ4n) is 1.84. The van der Waals surface area contributed by atoms with Gasteiger partial charge in [0.2, 0.25) is 10.0 Å². The van der Waals surface area contributed by atoms with Crippen LogP contribution in [0.4, 0.5) is 0 Å². The van der Waals surface area contributed by atoms with E-state index in [1.165, 1.54) is 11.3 Å². The summed E-state index contributed by atoms with van der Waals surface area (Å²) in [4.78, 5) is 0.673. The van der Waals surface area contributed by atoms with Crippen molar-refractivity contribution in [2.45, 2.75) is 25.4 Å². The van der Waals surface area contributed by atoms with Crippen LogP contribution < -0.4 is 4.72 Å². The van der Waals surface area contributed by atoms with Gasteiger partial charge in [-0.15, -0.1) is 11.3 Å². The molecule has 1 unspecified atom stereocenters. The predicted molar refractivity (Wildman–Crippen MR) is 73.4 cm³/mol. The van der Waals surface area contributed by atoms with Crippen molar-refractivity contribution in [1.29, 1.82) is 0 Å². The van der Waals surface area contributed by atoms with E-state index in [4.69, 9.17) is 11.6 Å². The first-order valence-electron chi connectivity index (χ1n) is 5.87. The Kier molecular flexibility index (Phi) is 4.66. The Hall–Kier alpha value is -0.140. The van der Waals surface area contributed by atoms with Crippen molar-refractivity contribution < 1.29 is 13.5 Å². The van der Waals surface area contributed by atoms with Crippen molar-refractivity contribution in [3.05, 3.63) is 21.3 Å². The molecule has 1 aromatic rings. The molecule has 0 radical (unpaired) electrons. The van der Waals surface area contributed by atoms with Gasteiger partial charge < -0.3 is 5.11 Å². The van der Waals surface area contributed by atoms with E-state index in [0.29, 0.717) is 9.21 Å². The van der Waals surface area contributed by atoms with Crippen molar-refractivity contribution in [3.63, 3.8) is 0 Å². The van der Waals surface area contributed by atoms with Crippen LogP contribution in [-0.4, -0.2) is 25.8 Å². The van der Waals surface area contributed by atoms with Gasteiger partial charge in [-0.2, -0.15) is 0 Å². The molecule has 2 rings (SSSR count). The molecule has 0 amide bonds. The first kappa shape index (κ1) is 14.3. The Bertz CT molecular complexity index is 496. The topological polar surface area (TPSA) is 66.4 Å². The molecule has 1 aliphatic carbocycles. The largest absolute Gasteiger partial charge is 0.386 e. The maximum atomic E-state index is 11.7. The summed E-state index contributed by atoms with van der Waals surface area (Å²) in [6.07, 6.45) is 2.27. The molecular weight excluding hydrogens is 294 g/mol. The van der Waals surface area contributed by atoms with E-state index in [9.17, 15) is 13.5 Å². The first-order valence-corrected chi connectivity index (χ1v) is 8.71. The lowest BCUT2D eigenvalue weighted by atomic mass is 9.87. The standard InChI is InChI=1S/C11H16ClNO3S2/c12-11-5-4-10(17-11)9(14)6-13-18(15,16)7-8-2-1-3-8/h4-5,8-9,13-14H,1-3,6-7H2. The molecule has 0 saturated heterocycles. The molecule has 2 N–H and O–H groups in total. The van der Waals surface area contributed by atoms with Crippen molar-refractivity contribution in [2.24, 2.45) is 5.92 Å². The summed E-state index contributed by atoms with van der Waals surface area (Å²) in [5.74, 6) is 0.459. The van der Waals surface area contributed by atoms with Gasteiger partial charge in [-0.25, -0.2) is 13.1 Å². The van der Waals surface area contributed by atoms with Crippen LogP contribution in [0.25, 0.3) is 0 Å². The predicted octanol–water partition coefficient (Wildman–Crippen LogP) is 2.15. The Morgan fingerprint density at radius 2 is 2.22 bits per heavy atom. The van der Waals surface area contributed by atoms with Crippen LogP contribution in [0.15, 0.2) is 12.1 Å². The lowest BCUT2D eigenvalue weighted by Gasteiger charge is -2.25. The minimum atomic E-state index is -3.28. The molecule has 1 aliphatic rings. The van der Waals surface area contributed by atoms with Crippen LogP contribution in [0.2, 0.25) is 4.34 Å². The van der Waals surface area contributed by atoms with Crippen molar-refractivity contribution in [3.8, 4) is 0 Å². The van der Waals surface area contributed by atoms with Crippen LogP contribution in [-0.2, 0) is 10.0 Å². The second-order valence-electron chi connectivity index (χ2n) is 4.58. The highest BCUT2D eigenvalue weighted by Gasteiger charge is 2.25. The molecule has 7 heteroatoms. The van der Waals surface area contributed by atoms with E-state index in [-0.39, 0.29) is 18.2 Å². The van der Waals surface area contributed by atoms with Crippen molar-refractivity contribution >= 4 is 33.0 Å². The highest BCUT2D eigenvalue weighted by Crippen LogP contribution is 2.28. The smallest absolute Gasteiger partial charge is 0.211 e. The van der Waals surface area contributed by atoms with Crippen molar-refractivity contribution in [1.82, 2.24) is 4.72 Å². The van der Waals surface area contributed by atoms with Gasteiger partial charge in [0.25, 0.3) is 0 Å². The van der Waals surface area contributed by atoms with Gasteiger partial charge in [-0.05, 0) is 30.9 Å². The molecule has 1 atom stereocenters. The number of sulfonamides is 1. The maximum absolute atomic E-state index is 11.7. The number of aliphatic hydroxyl groups excluding tert-OH is 1. The van der Waals surface area contributed by atoms with Gasteiger partial charge in [0.1, 0.15) is 6.10 Å². The third-order valence-electron chi connectivity index (χ3n) is 3.10.